The molecule has 0 atom stereocenters. The van der Waals surface area contributed by atoms with Crippen molar-refractivity contribution in [3.8, 4) is 0 Å². The summed E-state index contributed by atoms with van der Waals surface area (Å²) in [5.74, 6) is 5.19. The molecule has 106 valence electrons. The van der Waals surface area contributed by atoms with Crippen LogP contribution in [-0.4, -0.2) is 24.5 Å². The van der Waals surface area contributed by atoms with Gasteiger partial charge in [0, 0.05) is 12.3 Å². The first-order valence-corrected chi connectivity index (χ1v) is 6.75. The third kappa shape index (κ3) is 4.03. The van der Waals surface area contributed by atoms with E-state index in [-0.39, 0.29) is 5.56 Å². The van der Waals surface area contributed by atoms with Crippen LogP contribution >= 0.6 is 11.8 Å². The Morgan fingerprint density at radius 3 is 2.63 bits per heavy atom. The van der Waals surface area contributed by atoms with Crippen LogP contribution in [0.3, 0.4) is 0 Å². The fourth-order valence-electron chi connectivity index (χ4n) is 1.50. The Bertz CT molecular complexity index is 451. The first-order valence-electron chi connectivity index (χ1n) is 5.35. The van der Waals surface area contributed by atoms with Gasteiger partial charge in [-0.25, -0.2) is 0 Å². The number of nitrogens with one attached hydrogen (secondary N) is 2. The third-order valence-electron chi connectivity index (χ3n) is 2.35. The second-order valence-corrected chi connectivity index (χ2v) is 4.60. The topological polar surface area (TPSA) is 67.2 Å². The number of thioether (sulfide) groups is 1. The molecule has 0 heterocycles. The van der Waals surface area contributed by atoms with E-state index in [0.717, 1.165) is 6.07 Å². The van der Waals surface area contributed by atoms with Crippen molar-refractivity contribution in [2.45, 2.75) is 6.18 Å². The van der Waals surface area contributed by atoms with Gasteiger partial charge in [-0.15, -0.1) is 0 Å². The molecule has 19 heavy (non-hydrogen) atoms. The van der Waals surface area contributed by atoms with E-state index >= 15 is 0 Å². The van der Waals surface area contributed by atoms with E-state index in [2.05, 4.69) is 5.32 Å². The molecule has 0 unspecified atom stereocenters. The maximum atomic E-state index is 12.8. The summed E-state index contributed by atoms with van der Waals surface area (Å²) in [6.45, 7) is 0.375. The Labute approximate surface area is 112 Å². The summed E-state index contributed by atoms with van der Waals surface area (Å²) < 4.78 is 38.3. The molecule has 0 radical (unpaired) electrons. The maximum Gasteiger partial charge on any atom is 0.418 e. The first-order chi connectivity index (χ1) is 8.91. The molecule has 0 aromatic heterocycles. The number of hydrazine groups is 1. The minimum Gasteiger partial charge on any atom is -0.351 e. The normalized spacial score (nSPS) is 11.2. The number of hydrogen-bond donors (Lipinski definition) is 3. The summed E-state index contributed by atoms with van der Waals surface area (Å²) >= 11 is 1.52. The van der Waals surface area contributed by atoms with Crippen LogP contribution in [0.5, 0.6) is 0 Å². The molecule has 1 aromatic carbocycles. The summed E-state index contributed by atoms with van der Waals surface area (Å²) in [7, 11) is 0. The summed E-state index contributed by atoms with van der Waals surface area (Å²) in [5, 5.41) is 2.53. The fraction of sp³-hybridized carbons (Fsp3) is 0.364. The fourth-order valence-corrected chi connectivity index (χ4v) is 1.80. The van der Waals surface area contributed by atoms with Crippen molar-refractivity contribution in [3.63, 3.8) is 0 Å². The van der Waals surface area contributed by atoms with Crippen molar-refractivity contribution >= 4 is 23.4 Å². The van der Waals surface area contributed by atoms with Gasteiger partial charge in [-0.1, -0.05) is 6.07 Å². The number of amides is 1. The van der Waals surface area contributed by atoms with Gasteiger partial charge in [-0.05, 0) is 18.4 Å². The van der Waals surface area contributed by atoms with E-state index in [4.69, 9.17) is 5.84 Å². The van der Waals surface area contributed by atoms with E-state index in [1.165, 1.54) is 23.9 Å². The summed E-state index contributed by atoms with van der Waals surface area (Å²) in [6, 6.07) is 3.33. The predicted octanol–water partition coefficient (Wildman–Crippen LogP) is 2.08. The number of nitrogens with two attached hydrogens (primary N) is 1. The summed E-state index contributed by atoms with van der Waals surface area (Å²) in [6.07, 6.45) is -2.71. The number of rotatable bonds is 5. The molecule has 1 aromatic rings. The van der Waals surface area contributed by atoms with Crippen LogP contribution in [0, 0.1) is 0 Å². The number of halogens is 3. The molecule has 0 saturated carbocycles. The average molecular weight is 293 g/mol. The van der Waals surface area contributed by atoms with Gasteiger partial charge in [0.15, 0.2) is 0 Å². The standard InChI is InChI=1S/C11H14F3N3OS/c1-19-6-5-16-10(18)7-3-2-4-8(9(7)17-15)11(12,13)14/h2-4,17H,5-6,15H2,1H3,(H,16,18). The number of para-hydroxylation sites is 1. The highest BCUT2D eigenvalue weighted by Crippen LogP contribution is 2.36. The Kier molecular flexibility index (Phi) is 5.49. The van der Waals surface area contributed by atoms with Crippen LogP contribution in [-0.2, 0) is 6.18 Å². The maximum absolute atomic E-state index is 12.8. The molecule has 0 saturated heterocycles. The smallest absolute Gasteiger partial charge is 0.351 e. The van der Waals surface area contributed by atoms with Crippen LogP contribution in [0.2, 0.25) is 0 Å². The molecule has 4 nitrogen and oxygen atoms in total. The molecule has 0 bridgehead atoms. The summed E-state index contributed by atoms with van der Waals surface area (Å²) in [5.41, 5.74) is 0.445. The minimum absolute atomic E-state index is 0.126. The molecule has 1 amide bonds. The van der Waals surface area contributed by atoms with E-state index in [0.29, 0.717) is 12.3 Å². The highest BCUT2D eigenvalue weighted by Gasteiger charge is 2.35. The lowest BCUT2D eigenvalue weighted by molar-refractivity contribution is -0.137. The Balaban J connectivity index is 3.04. The highest BCUT2D eigenvalue weighted by atomic mass is 32.2. The number of alkyl halides is 3. The third-order valence-corrected chi connectivity index (χ3v) is 2.96. The Hall–Kier alpha value is -1.41. The van der Waals surface area contributed by atoms with Gasteiger partial charge in [0.2, 0.25) is 0 Å². The Morgan fingerprint density at radius 1 is 1.42 bits per heavy atom. The van der Waals surface area contributed by atoms with Gasteiger partial charge in [0.05, 0.1) is 16.8 Å². The van der Waals surface area contributed by atoms with Crippen LogP contribution in [0.1, 0.15) is 15.9 Å². The zero-order valence-electron chi connectivity index (χ0n) is 10.2. The molecule has 0 aliphatic heterocycles. The van der Waals surface area contributed by atoms with Crippen LogP contribution in [0.15, 0.2) is 18.2 Å². The molecule has 0 aliphatic rings. The zero-order chi connectivity index (χ0) is 14.5. The van der Waals surface area contributed by atoms with Gasteiger partial charge in [0.1, 0.15) is 0 Å². The average Bonchev–Trinajstić information content (AvgIpc) is 2.36. The van der Waals surface area contributed by atoms with Crippen molar-refractivity contribution in [2.24, 2.45) is 5.84 Å². The molecule has 4 N–H and O–H groups in total. The number of hydrogen-bond acceptors (Lipinski definition) is 4. The Morgan fingerprint density at radius 2 is 2.11 bits per heavy atom. The van der Waals surface area contributed by atoms with Crippen LogP contribution < -0.4 is 16.6 Å². The first kappa shape index (κ1) is 15.6. The van der Waals surface area contributed by atoms with E-state index in [1.807, 2.05) is 11.7 Å². The molecule has 8 heteroatoms. The number of anilines is 1. The highest BCUT2D eigenvalue weighted by molar-refractivity contribution is 7.98. The van der Waals surface area contributed by atoms with Gasteiger partial charge in [-0.3, -0.25) is 10.6 Å². The second-order valence-electron chi connectivity index (χ2n) is 3.62. The number of carbonyl (C=O) groups is 1. The predicted molar refractivity (Wildman–Crippen MR) is 70.0 cm³/mol. The zero-order valence-corrected chi connectivity index (χ0v) is 11.0. The lowest BCUT2D eigenvalue weighted by Gasteiger charge is -2.15. The molecule has 1 rings (SSSR count). The minimum atomic E-state index is -4.57. The number of benzene rings is 1. The van der Waals surface area contributed by atoms with Crippen LogP contribution in [0.4, 0.5) is 18.9 Å². The SMILES string of the molecule is CSCCNC(=O)c1cccc(C(F)(F)F)c1NN. The van der Waals surface area contributed by atoms with Crippen molar-refractivity contribution < 1.29 is 18.0 Å². The lowest BCUT2D eigenvalue weighted by Crippen LogP contribution is -2.28. The molecular formula is C11H14F3N3OS. The molecule has 0 fully saturated rings. The van der Waals surface area contributed by atoms with Crippen molar-refractivity contribution in [2.75, 3.05) is 24.0 Å². The number of carbonyl (C=O) groups excluding carboxylic acids is 1. The van der Waals surface area contributed by atoms with Gasteiger partial charge in [-0.2, -0.15) is 24.9 Å². The van der Waals surface area contributed by atoms with E-state index in [1.54, 1.807) is 0 Å². The largest absolute Gasteiger partial charge is 0.418 e. The van der Waals surface area contributed by atoms with Gasteiger partial charge >= 0.3 is 6.18 Å². The van der Waals surface area contributed by atoms with Crippen molar-refractivity contribution in [1.29, 1.82) is 0 Å². The summed E-state index contributed by atoms with van der Waals surface area (Å²) in [4.78, 5) is 11.8. The van der Waals surface area contributed by atoms with E-state index < -0.39 is 23.3 Å². The molecule has 0 spiro atoms. The second kappa shape index (κ2) is 6.67. The lowest BCUT2D eigenvalue weighted by atomic mass is 10.1. The van der Waals surface area contributed by atoms with E-state index in [9.17, 15) is 18.0 Å². The number of nitrogen functional groups attached to an aromatic ring is 1. The van der Waals surface area contributed by atoms with Gasteiger partial charge < -0.3 is 10.7 Å². The van der Waals surface area contributed by atoms with Crippen molar-refractivity contribution in [3.05, 3.63) is 29.3 Å². The quantitative estimate of drug-likeness (QED) is 0.442. The van der Waals surface area contributed by atoms with Gasteiger partial charge in [0.25, 0.3) is 5.91 Å². The van der Waals surface area contributed by atoms with Crippen LogP contribution in [0.25, 0.3) is 0 Å². The molecular weight excluding hydrogens is 279 g/mol. The monoisotopic (exact) mass is 293 g/mol. The van der Waals surface area contributed by atoms with Crippen molar-refractivity contribution in [1.82, 2.24) is 5.32 Å². The molecule has 0 aliphatic carbocycles.